The molecule has 20 heavy (non-hydrogen) atoms. The average Bonchev–Trinajstić information content (AvgIpc) is 2.64. The number of aliphatic hydroxyl groups is 1. The number of nitrogens with zero attached hydrogens (tertiary/aromatic N) is 2. The molecule has 0 radical (unpaired) electrons. The number of carbonyl (C=O) groups excluding carboxylic acids is 1. The molecule has 3 N–H and O–H groups in total. The first-order valence-corrected chi connectivity index (χ1v) is 7.16. The Morgan fingerprint density at radius 3 is 2.90 bits per heavy atom. The van der Waals surface area contributed by atoms with Crippen LogP contribution in [0.15, 0.2) is 0 Å². The minimum absolute atomic E-state index is 0.00129. The van der Waals surface area contributed by atoms with Gasteiger partial charge in [-0.1, -0.05) is 0 Å². The van der Waals surface area contributed by atoms with E-state index in [4.69, 9.17) is 0 Å². The summed E-state index contributed by atoms with van der Waals surface area (Å²) in [7, 11) is 1.91. The fourth-order valence-corrected chi connectivity index (χ4v) is 2.71. The highest BCUT2D eigenvalue weighted by atomic mass is 16.3. The Morgan fingerprint density at radius 1 is 1.55 bits per heavy atom. The van der Waals surface area contributed by atoms with Gasteiger partial charge in [0.1, 0.15) is 0 Å². The Balaban J connectivity index is 1.86. The van der Waals surface area contributed by atoms with Crippen LogP contribution in [-0.4, -0.2) is 46.0 Å². The van der Waals surface area contributed by atoms with Crippen molar-refractivity contribution in [2.75, 3.05) is 13.1 Å². The third kappa shape index (κ3) is 3.37. The maximum absolute atomic E-state index is 12.0. The zero-order chi connectivity index (χ0) is 14.7. The smallest absolute Gasteiger partial charge is 0.220 e. The van der Waals surface area contributed by atoms with E-state index in [2.05, 4.69) is 15.7 Å². The zero-order valence-electron chi connectivity index (χ0n) is 12.4. The monoisotopic (exact) mass is 280 g/mol. The van der Waals surface area contributed by atoms with Crippen molar-refractivity contribution in [3.63, 3.8) is 0 Å². The highest BCUT2D eigenvalue weighted by molar-refractivity contribution is 5.76. The maximum Gasteiger partial charge on any atom is 0.220 e. The van der Waals surface area contributed by atoms with Crippen molar-refractivity contribution in [3.8, 4) is 0 Å². The number of amides is 1. The maximum atomic E-state index is 12.0. The largest absolute Gasteiger partial charge is 0.390 e. The van der Waals surface area contributed by atoms with Crippen LogP contribution in [0.5, 0.6) is 0 Å². The summed E-state index contributed by atoms with van der Waals surface area (Å²) in [5.74, 6) is -0.00129. The lowest BCUT2D eigenvalue weighted by molar-refractivity contribution is -0.122. The van der Waals surface area contributed by atoms with E-state index in [0.29, 0.717) is 19.4 Å². The van der Waals surface area contributed by atoms with Gasteiger partial charge < -0.3 is 15.7 Å². The summed E-state index contributed by atoms with van der Waals surface area (Å²) < 4.78 is 1.85. The molecule has 6 nitrogen and oxygen atoms in total. The van der Waals surface area contributed by atoms with Crippen molar-refractivity contribution in [1.82, 2.24) is 20.4 Å². The summed E-state index contributed by atoms with van der Waals surface area (Å²) in [5, 5.41) is 20.2. The minimum Gasteiger partial charge on any atom is -0.390 e. The molecule has 0 saturated carbocycles. The molecule has 1 amide bonds. The van der Waals surface area contributed by atoms with Crippen LogP contribution in [-0.2, 0) is 18.3 Å². The van der Waals surface area contributed by atoms with Crippen LogP contribution in [0.2, 0.25) is 0 Å². The highest BCUT2D eigenvalue weighted by Gasteiger charge is 2.24. The lowest BCUT2D eigenvalue weighted by Crippen LogP contribution is -2.52. The first-order valence-electron chi connectivity index (χ1n) is 7.16. The number of β-amino-alcohol motifs (C(OH)–C–C–N with tert-alkyl or cyclic N) is 1. The topological polar surface area (TPSA) is 79.2 Å². The molecule has 112 valence electrons. The van der Waals surface area contributed by atoms with Crippen molar-refractivity contribution in [3.05, 3.63) is 17.0 Å². The van der Waals surface area contributed by atoms with E-state index in [1.54, 1.807) is 0 Å². The molecule has 1 fully saturated rings. The highest BCUT2D eigenvalue weighted by Crippen LogP contribution is 2.14. The molecule has 0 spiro atoms. The number of aromatic nitrogens is 2. The van der Waals surface area contributed by atoms with E-state index in [9.17, 15) is 9.90 Å². The summed E-state index contributed by atoms with van der Waals surface area (Å²) in [6.07, 6.45) is 1.41. The Hall–Kier alpha value is -1.40. The van der Waals surface area contributed by atoms with Gasteiger partial charge in [0.05, 0.1) is 17.8 Å². The van der Waals surface area contributed by atoms with Crippen LogP contribution in [0.3, 0.4) is 0 Å². The Morgan fingerprint density at radius 2 is 2.30 bits per heavy atom. The Bertz CT molecular complexity index is 484. The number of nitrogens with one attached hydrogen (secondary N) is 2. The molecule has 0 aliphatic carbocycles. The standard InChI is InChI=1S/C14H24N4O2/c1-9-11(10(2)18(3)17-9)4-5-14(20)16-12-6-7-15-8-13(12)19/h12-13,15,19H,4-8H2,1-3H3,(H,16,20). The lowest BCUT2D eigenvalue weighted by atomic mass is 10.0. The number of hydrogen-bond donors (Lipinski definition) is 3. The molecule has 1 aliphatic rings. The van der Waals surface area contributed by atoms with E-state index >= 15 is 0 Å². The zero-order valence-corrected chi connectivity index (χ0v) is 12.4. The van der Waals surface area contributed by atoms with E-state index < -0.39 is 6.10 Å². The lowest BCUT2D eigenvalue weighted by Gasteiger charge is -2.29. The first kappa shape index (κ1) is 15.0. The second-order valence-corrected chi connectivity index (χ2v) is 5.51. The number of carbonyl (C=O) groups is 1. The molecule has 0 aromatic carbocycles. The molecule has 6 heteroatoms. The van der Waals surface area contributed by atoms with Gasteiger partial charge in [-0.2, -0.15) is 5.10 Å². The summed E-state index contributed by atoms with van der Waals surface area (Å²) in [4.78, 5) is 12.0. The average molecular weight is 280 g/mol. The van der Waals surface area contributed by atoms with Crippen molar-refractivity contribution < 1.29 is 9.90 Å². The summed E-state index contributed by atoms with van der Waals surface area (Å²) >= 11 is 0. The second-order valence-electron chi connectivity index (χ2n) is 5.51. The quantitative estimate of drug-likeness (QED) is 0.714. The van der Waals surface area contributed by atoms with Gasteiger partial charge in [-0.15, -0.1) is 0 Å². The number of rotatable bonds is 4. The third-order valence-corrected chi connectivity index (χ3v) is 4.06. The molecule has 2 atom stereocenters. The Labute approximate surface area is 119 Å². The van der Waals surface area contributed by atoms with Crippen LogP contribution in [0.1, 0.15) is 29.8 Å². The Kier molecular flexibility index (Phi) is 4.77. The van der Waals surface area contributed by atoms with Gasteiger partial charge in [0.15, 0.2) is 0 Å². The number of hydrogen-bond acceptors (Lipinski definition) is 4. The third-order valence-electron chi connectivity index (χ3n) is 4.06. The van der Waals surface area contributed by atoms with Gasteiger partial charge in [0.25, 0.3) is 0 Å². The molecule has 0 bridgehead atoms. The van der Waals surface area contributed by atoms with Gasteiger partial charge in [-0.05, 0) is 38.8 Å². The molecular formula is C14H24N4O2. The number of aryl methyl sites for hydroxylation is 2. The van der Waals surface area contributed by atoms with Gasteiger partial charge in [-0.3, -0.25) is 9.48 Å². The number of piperidine rings is 1. The predicted octanol–water partition coefficient (Wildman–Crippen LogP) is -0.191. The molecule has 1 aromatic rings. The van der Waals surface area contributed by atoms with Crippen molar-refractivity contribution in [1.29, 1.82) is 0 Å². The van der Waals surface area contributed by atoms with Gasteiger partial charge in [-0.25, -0.2) is 0 Å². The van der Waals surface area contributed by atoms with E-state index in [1.165, 1.54) is 0 Å². The number of aliphatic hydroxyl groups excluding tert-OH is 1. The van der Waals surface area contributed by atoms with E-state index in [-0.39, 0.29) is 11.9 Å². The second kappa shape index (κ2) is 6.37. The van der Waals surface area contributed by atoms with Crippen LogP contribution in [0.4, 0.5) is 0 Å². The first-order chi connectivity index (χ1) is 9.49. The van der Waals surface area contributed by atoms with E-state index in [1.807, 2.05) is 25.6 Å². The molecule has 2 heterocycles. The normalized spacial score (nSPS) is 22.8. The fourth-order valence-electron chi connectivity index (χ4n) is 2.71. The van der Waals surface area contributed by atoms with Crippen LogP contribution < -0.4 is 10.6 Å². The molecule has 1 aromatic heterocycles. The molecule has 1 saturated heterocycles. The van der Waals surface area contributed by atoms with Crippen molar-refractivity contribution >= 4 is 5.91 Å². The van der Waals surface area contributed by atoms with Gasteiger partial charge in [0, 0.05) is 25.7 Å². The van der Waals surface area contributed by atoms with Gasteiger partial charge in [0.2, 0.25) is 5.91 Å². The van der Waals surface area contributed by atoms with Gasteiger partial charge >= 0.3 is 0 Å². The van der Waals surface area contributed by atoms with Crippen LogP contribution in [0.25, 0.3) is 0 Å². The van der Waals surface area contributed by atoms with Crippen molar-refractivity contribution in [2.24, 2.45) is 7.05 Å². The molecule has 1 aliphatic heterocycles. The minimum atomic E-state index is -0.491. The van der Waals surface area contributed by atoms with Crippen molar-refractivity contribution in [2.45, 2.75) is 45.3 Å². The fraction of sp³-hybridized carbons (Fsp3) is 0.714. The molecular weight excluding hydrogens is 256 g/mol. The summed E-state index contributed by atoms with van der Waals surface area (Å²) in [6.45, 7) is 5.37. The van der Waals surface area contributed by atoms with Crippen LogP contribution >= 0.6 is 0 Å². The molecule has 2 rings (SSSR count). The van der Waals surface area contributed by atoms with Crippen LogP contribution in [0, 0.1) is 13.8 Å². The molecule has 2 unspecified atom stereocenters. The predicted molar refractivity (Wildman–Crippen MR) is 76.4 cm³/mol. The SMILES string of the molecule is Cc1nn(C)c(C)c1CCC(=O)NC1CCNCC1O. The van der Waals surface area contributed by atoms with E-state index in [0.717, 1.165) is 29.9 Å². The summed E-state index contributed by atoms with van der Waals surface area (Å²) in [6, 6.07) is -0.125. The summed E-state index contributed by atoms with van der Waals surface area (Å²) in [5.41, 5.74) is 3.24.